The fourth-order valence-corrected chi connectivity index (χ4v) is 5.45. The van der Waals surface area contributed by atoms with E-state index in [0.29, 0.717) is 18.4 Å². The van der Waals surface area contributed by atoms with E-state index in [1.165, 1.54) is 12.4 Å². The number of halogens is 3. The number of nitrogens with zero attached hydrogens (tertiary/aromatic N) is 3. The molecule has 10 heteroatoms. The Hall–Kier alpha value is -2.20. The van der Waals surface area contributed by atoms with E-state index in [4.69, 9.17) is 4.74 Å². The molecule has 3 rings (SSSR count). The second kappa shape index (κ2) is 7.56. The van der Waals surface area contributed by atoms with E-state index in [9.17, 15) is 21.6 Å². The van der Waals surface area contributed by atoms with Crippen LogP contribution in [0, 0.1) is 5.92 Å². The van der Waals surface area contributed by atoms with Crippen molar-refractivity contribution in [1.82, 2.24) is 9.97 Å². The first-order valence-electron chi connectivity index (χ1n) is 9.03. The van der Waals surface area contributed by atoms with Crippen molar-refractivity contribution in [3.8, 4) is 0 Å². The van der Waals surface area contributed by atoms with Gasteiger partial charge in [0.25, 0.3) is 0 Å². The number of alkyl halides is 3. The number of hydrogen-bond acceptors (Lipinski definition) is 6. The molecule has 1 aliphatic heterocycles. The molecular formula is C19H22F3N3O3S. The second-order valence-corrected chi connectivity index (χ2v) is 9.53. The fourth-order valence-electron chi connectivity index (χ4n) is 3.37. The average Bonchev–Trinajstić information content (AvgIpc) is 2.67. The minimum atomic E-state index is -4.66. The number of ether oxygens (including phenoxy) is 1. The lowest BCUT2D eigenvalue weighted by molar-refractivity contribution is -0.137. The monoisotopic (exact) mass is 429 g/mol. The van der Waals surface area contributed by atoms with Crippen LogP contribution in [0.4, 0.5) is 19.1 Å². The van der Waals surface area contributed by atoms with Crippen molar-refractivity contribution in [3.05, 3.63) is 47.8 Å². The Kier molecular flexibility index (Phi) is 5.61. The van der Waals surface area contributed by atoms with Crippen molar-refractivity contribution in [3.63, 3.8) is 0 Å². The van der Waals surface area contributed by atoms with Gasteiger partial charge in [-0.2, -0.15) is 13.2 Å². The van der Waals surface area contributed by atoms with Crippen LogP contribution in [0.5, 0.6) is 0 Å². The number of rotatable bonds is 4. The molecule has 1 aromatic heterocycles. The summed E-state index contributed by atoms with van der Waals surface area (Å²) in [4.78, 5) is 7.72. The highest BCUT2D eigenvalue weighted by Crippen LogP contribution is 2.45. The summed E-state index contributed by atoms with van der Waals surface area (Å²) < 4.78 is 72.4. The predicted molar refractivity (Wildman–Crippen MR) is 101 cm³/mol. The highest BCUT2D eigenvalue weighted by molar-refractivity contribution is 7.92. The van der Waals surface area contributed by atoms with Crippen molar-refractivity contribution in [2.75, 3.05) is 25.6 Å². The summed E-state index contributed by atoms with van der Waals surface area (Å²) in [6, 6.07) is 3.73. The van der Waals surface area contributed by atoms with E-state index in [0.717, 1.165) is 18.2 Å². The molecule has 0 bridgehead atoms. The molecular weight excluding hydrogens is 407 g/mol. The van der Waals surface area contributed by atoms with Gasteiger partial charge in [-0.05, 0) is 37.0 Å². The van der Waals surface area contributed by atoms with Crippen molar-refractivity contribution < 1.29 is 26.3 Å². The van der Waals surface area contributed by atoms with E-state index in [2.05, 4.69) is 9.97 Å². The fraction of sp³-hybridized carbons (Fsp3) is 0.474. The number of aromatic nitrogens is 2. The Morgan fingerprint density at radius 2 is 1.86 bits per heavy atom. The number of benzene rings is 1. The van der Waals surface area contributed by atoms with Gasteiger partial charge in [0.15, 0.2) is 0 Å². The highest BCUT2D eigenvalue weighted by Gasteiger charge is 2.51. The summed E-state index contributed by atoms with van der Waals surface area (Å²) in [5, 5.41) is 0. The summed E-state index contributed by atoms with van der Waals surface area (Å²) in [6.45, 7) is 2.04. The third-order valence-corrected chi connectivity index (χ3v) is 7.21. The van der Waals surface area contributed by atoms with Crippen LogP contribution >= 0.6 is 0 Å². The molecule has 29 heavy (non-hydrogen) atoms. The van der Waals surface area contributed by atoms with Gasteiger partial charge in [-0.15, -0.1) is 0 Å². The lowest BCUT2D eigenvalue weighted by atomic mass is 9.94. The molecule has 1 aliphatic rings. The molecule has 0 aliphatic carbocycles. The normalized spacial score (nSPS) is 23.0. The van der Waals surface area contributed by atoms with Crippen LogP contribution in [0.3, 0.4) is 0 Å². The van der Waals surface area contributed by atoms with Gasteiger partial charge in [-0.3, -0.25) is 0 Å². The third kappa shape index (κ3) is 3.95. The molecule has 0 radical (unpaired) electrons. The largest absolute Gasteiger partial charge is 0.416 e. The molecule has 1 aromatic carbocycles. The molecule has 2 aromatic rings. The van der Waals surface area contributed by atoms with E-state index in [1.807, 2.05) is 6.92 Å². The summed E-state index contributed by atoms with van der Waals surface area (Å²) >= 11 is 0. The SMILES string of the molecule is CC1CCOC(c2cnc(N(C)C)nc2)(S(=O)(=O)c2cccc(C(F)(F)F)c2)C1. The van der Waals surface area contributed by atoms with Gasteiger partial charge < -0.3 is 9.64 Å². The molecule has 0 spiro atoms. The third-order valence-electron chi connectivity index (χ3n) is 4.95. The van der Waals surface area contributed by atoms with Gasteiger partial charge in [-0.1, -0.05) is 13.0 Å². The summed E-state index contributed by atoms with van der Waals surface area (Å²) in [5.41, 5.74) is -0.830. The predicted octanol–water partition coefficient (Wildman–Crippen LogP) is 3.63. The van der Waals surface area contributed by atoms with E-state index in [1.54, 1.807) is 19.0 Å². The molecule has 0 N–H and O–H groups in total. The van der Waals surface area contributed by atoms with Crippen molar-refractivity contribution in [1.29, 1.82) is 0 Å². The van der Waals surface area contributed by atoms with Crippen LogP contribution in [0.1, 0.15) is 30.9 Å². The molecule has 1 saturated heterocycles. The topological polar surface area (TPSA) is 72.4 Å². The lowest BCUT2D eigenvalue weighted by Gasteiger charge is -2.39. The van der Waals surface area contributed by atoms with Crippen LogP contribution in [0.2, 0.25) is 0 Å². The summed E-state index contributed by atoms with van der Waals surface area (Å²) in [6.07, 6.45) is -1.18. The number of sulfone groups is 1. The van der Waals surface area contributed by atoms with Gasteiger partial charge in [0.1, 0.15) is 0 Å². The summed E-state index contributed by atoms with van der Waals surface area (Å²) in [7, 11) is -0.862. The van der Waals surface area contributed by atoms with E-state index < -0.39 is 31.4 Å². The van der Waals surface area contributed by atoms with Gasteiger partial charge in [0, 0.05) is 38.7 Å². The van der Waals surface area contributed by atoms with Crippen molar-refractivity contribution in [2.45, 2.75) is 35.8 Å². The maximum Gasteiger partial charge on any atom is 0.416 e. The van der Waals surface area contributed by atoms with Gasteiger partial charge in [-0.25, -0.2) is 18.4 Å². The van der Waals surface area contributed by atoms with E-state index >= 15 is 0 Å². The van der Waals surface area contributed by atoms with Crippen LogP contribution in [0.25, 0.3) is 0 Å². The molecule has 0 saturated carbocycles. The minimum absolute atomic E-state index is 0.0159. The first-order chi connectivity index (χ1) is 13.5. The zero-order valence-corrected chi connectivity index (χ0v) is 17.1. The van der Waals surface area contributed by atoms with Crippen LogP contribution in [0.15, 0.2) is 41.6 Å². The first kappa shape index (κ1) is 21.5. The average molecular weight is 429 g/mol. The molecule has 2 unspecified atom stereocenters. The minimum Gasteiger partial charge on any atom is -0.354 e. The second-order valence-electron chi connectivity index (χ2n) is 7.39. The Morgan fingerprint density at radius 3 is 2.41 bits per heavy atom. The molecule has 2 heterocycles. The lowest BCUT2D eigenvalue weighted by Crippen LogP contribution is -2.44. The molecule has 0 amide bonds. The molecule has 1 fully saturated rings. The van der Waals surface area contributed by atoms with Gasteiger partial charge in [0.05, 0.1) is 10.5 Å². The Labute approximate surface area is 167 Å². The zero-order valence-electron chi connectivity index (χ0n) is 16.3. The first-order valence-corrected chi connectivity index (χ1v) is 10.5. The van der Waals surface area contributed by atoms with Crippen molar-refractivity contribution in [2.24, 2.45) is 5.92 Å². The Morgan fingerprint density at radius 1 is 1.21 bits per heavy atom. The highest BCUT2D eigenvalue weighted by atomic mass is 32.2. The smallest absolute Gasteiger partial charge is 0.354 e. The van der Waals surface area contributed by atoms with Crippen LogP contribution in [-0.4, -0.2) is 39.1 Å². The molecule has 158 valence electrons. The van der Waals surface area contributed by atoms with Crippen LogP contribution < -0.4 is 4.90 Å². The Bertz CT molecular complexity index is 978. The van der Waals surface area contributed by atoms with E-state index in [-0.39, 0.29) is 24.5 Å². The van der Waals surface area contributed by atoms with Crippen LogP contribution in [-0.2, 0) is 25.7 Å². The zero-order chi connectivity index (χ0) is 21.4. The standard InChI is InChI=1S/C19H22F3N3O3S/c1-13-7-8-28-18(10-13,15-11-23-17(24-12-15)25(2)3)29(26,27)16-6-4-5-14(9-16)19(20,21)22/h4-6,9,11-13H,7-8,10H2,1-3H3. The summed E-state index contributed by atoms with van der Waals surface area (Å²) in [5.74, 6) is 0.363. The van der Waals surface area contributed by atoms with Crippen molar-refractivity contribution >= 4 is 15.8 Å². The Balaban J connectivity index is 2.16. The number of hydrogen-bond donors (Lipinski definition) is 0. The maximum absolute atomic E-state index is 13.6. The quantitative estimate of drug-likeness (QED) is 0.739. The number of anilines is 1. The molecule has 2 atom stereocenters. The molecule has 6 nitrogen and oxygen atoms in total. The van der Waals surface area contributed by atoms with Gasteiger partial charge >= 0.3 is 6.18 Å². The maximum atomic E-state index is 13.6. The van der Waals surface area contributed by atoms with Gasteiger partial charge in [0.2, 0.25) is 20.7 Å².